The first-order valence-electron chi connectivity index (χ1n) is 9.08. The van der Waals surface area contributed by atoms with Crippen LogP contribution < -0.4 is 5.32 Å². The summed E-state index contributed by atoms with van der Waals surface area (Å²) >= 11 is 1.43. The number of rotatable bonds is 12. The number of nitrogens with zero attached hydrogens (tertiary/aromatic N) is 3. The van der Waals surface area contributed by atoms with E-state index >= 15 is 0 Å². The predicted octanol–water partition coefficient (Wildman–Crippen LogP) is 3.81. The van der Waals surface area contributed by atoms with E-state index in [-0.39, 0.29) is 5.91 Å². The maximum absolute atomic E-state index is 12.0. The lowest BCUT2D eigenvalue weighted by atomic mass is 10.1. The van der Waals surface area contributed by atoms with E-state index in [1.165, 1.54) is 37.4 Å². The number of hydrogen-bond acceptors (Lipinski definition) is 5. The van der Waals surface area contributed by atoms with Gasteiger partial charge in [0.2, 0.25) is 5.91 Å². The van der Waals surface area contributed by atoms with Crippen LogP contribution in [0.15, 0.2) is 28.0 Å². The molecule has 0 fully saturated rings. The minimum absolute atomic E-state index is 0.0341. The van der Waals surface area contributed by atoms with Crippen molar-refractivity contribution in [1.29, 1.82) is 0 Å². The van der Waals surface area contributed by atoms with Crippen LogP contribution in [0.1, 0.15) is 57.5 Å². The van der Waals surface area contributed by atoms with Gasteiger partial charge in [0.1, 0.15) is 11.6 Å². The first-order valence-corrected chi connectivity index (χ1v) is 10.1. The van der Waals surface area contributed by atoms with Crippen LogP contribution in [0.5, 0.6) is 0 Å². The van der Waals surface area contributed by atoms with Crippen molar-refractivity contribution in [3.05, 3.63) is 30.0 Å². The van der Waals surface area contributed by atoms with Gasteiger partial charge in [-0.3, -0.25) is 4.79 Å². The third kappa shape index (κ3) is 6.57. The molecule has 0 saturated heterocycles. The third-order valence-electron chi connectivity index (χ3n) is 3.99. The van der Waals surface area contributed by atoms with Gasteiger partial charge < -0.3 is 14.3 Å². The SMILES string of the molecule is CCCCCCCc1nnc(SCC(=O)NCc2ccco2)n1CC. The molecule has 2 rings (SSSR count). The Hall–Kier alpha value is -1.76. The molecule has 138 valence electrons. The lowest BCUT2D eigenvalue weighted by Gasteiger charge is -2.07. The fourth-order valence-corrected chi connectivity index (χ4v) is 3.45. The van der Waals surface area contributed by atoms with Crippen molar-refractivity contribution in [2.45, 2.75) is 70.6 Å². The molecular weight excluding hydrogens is 336 g/mol. The summed E-state index contributed by atoms with van der Waals surface area (Å²) in [5.41, 5.74) is 0. The molecule has 2 aromatic rings. The van der Waals surface area contributed by atoms with Crippen molar-refractivity contribution < 1.29 is 9.21 Å². The second kappa shape index (κ2) is 11.0. The Morgan fingerprint density at radius 2 is 2.08 bits per heavy atom. The Kier molecular flexibility index (Phi) is 8.59. The molecule has 0 aliphatic rings. The number of unbranched alkanes of at least 4 members (excludes halogenated alkanes) is 4. The summed E-state index contributed by atoms with van der Waals surface area (Å²) in [6.07, 6.45) is 8.78. The van der Waals surface area contributed by atoms with Crippen LogP contribution in [0.3, 0.4) is 0 Å². The number of furan rings is 1. The third-order valence-corrected chi connectivity index (χ3v) is 4.95. The number of thioether (sulfide) groups is 1. The second-order valence-electron chi connectivity index (χ2n) is 5.95. The Labute approximate surface area is 153 Å². The molecule has 6 nitrogen and oxygen atoms in total. The lowest BCUT2D eigenvalue weighted by molar-refractivity contribution is -0.118. The van der Waals surface area contributed by atoms with E-state index in [0.29, 0.717) is 12.3 Å². The van der Waals surface area contributed by atoms with Gasteiger partial charge in [0.25, 0.3) is 0 Å². The summed E-state index contributed by atoms with van der Waals surface area (Å²) in [7, 11) is 0. The van der Waals surface area contributed by atoms with Crippen LogP contribution in [-0.2, 0) is 24.3 Å². The first kappa shape index (κ1) is 19.6. The molecule has 0 spiro atoms. The molecule has 0 saturated carbocycles. The van der Waals surface area contributed by atoms with Crippen LogP contribution in [0.4, 0.5) is 0 Å². The van der Waals surface area contributed by atoms with E-state index in [2.05, 4.69) is 33.9 Å². The summed E-state index contributed by atoms with van der Waals surface area (Å²) in [5, 5.41) is 12.2. The van der Waals surface area contributed by atoms with Gasteiger partial charge >= 0.3 is 0 Å². The number of aromatic nitrogens is 3. The van der Waals surface area contributed by atoms with E-state index in [0.717, 1.165) is 36.1 Å². The molecule has 0 unspecified atom stereocenters. The van der Waals surface area contributed by atoms with Crippen LogP contribution in [0, 0.1) is 0 Å². The average Bonchev–Trinajstić information content (AvgIpc) is 3.27. The van der Waals surface area contributed by atoms with Gasteiger partial charge in [0, 0.05) is 13.0 Å². The largest absolute Gasteiger partial charge is 0.467 e. The Morgan fingerprint density at radius 1 is 1.24 bits per heavy atom. The minimum atomic E-state index is -0.0341. The zero-order chi connectivity index (χ0) is 17.9. The highest BCUT2D eigenvalue weighted by atomic mass is 32.2. The molecule has 25 heavy (non-hydrogen) atoms. The molecule has 7 heteroatoms. The first-order chi connectivity index (χ1) is 12.2. The van der Waals surface area contributed by atoms with Crippen LogP contribution in [0.25, 0.3) is 0 Å². The van der Waals surface area contributed by atoms with Crippen molar-refractivity contribution in [2.24, 2.45) is 0 Å². The van der Waals surface area contributed by atoms with Gasteiger partial charge in [-0.2, -0.15) is 0 Å². The normalized spacial score (nSPS) is 11.0. The zero-order valence-electron chi connectivity index (χ0n) is 15.2. The highest BCUT2D eigenvalue weighted by Crippen LogP contribution is 2.18. The van der Waals surface area contributed by atoms with Gasteiger partial charge in [-0.1, -0.05) is 44.4 Å². The summed E-state index contributed by atoms with van der Waals surface area (Å²) in [5.74, 6) is 2.07. The maximum Gasteiger partial charge on any atom is 0.230 e. The predicted molar refractivity (Wildman–Crippen MR) is 99.4 cm³/mol. The van der Waals surface area contributed by atoms with Crippen LogP contribution >= 0.6 is 11.8 Å². The molecular formula is C18H28N4O2S. The summed E-state index contributed by atoms with van der Waals surface area (Å²) in [4.78, 5) is 12.0. The van der Waals surface area contributed by atoms with Crippen molar-refractivity contribution >= 4 is 17.7 Å². The van der Waals surface area contributed by atoms with Crippen molar-refractivity contribution in [3.8, 4) is 0 Å². The smallest absolute Gasteiger partial charge is 0.230 e. The number of aryl methyl sites for hydroxylation is 1. The monoisotopic (exact) mass is 364 g/mol. The second-order valence-corrected chi connectivity index (χ2v) is 6.89. The van der Waals surface area contributed by atoms with Crippen LogP contribution in [0.2, 0.25) is 0 Å². The number of nitrogens with one attached hydrogen (secondary N) is 1. The van der Waals surface area contributed by atoms with E-state index in [9.17, 15) is 4.79 Å². The molecule has 0 aromatic carbocycles. The average molecular weight is 365 g/mol. The van der Waals surface area contributed by atoms with Gasteiger partial charge in [-0.15, -0.1) is 10.2 Å². The molecule has 0 bridgehead atoms. The Balaban J connectivity index is 1.76. The Bertz CT molecular complexity index is 625. The van der Waals surface area contributed by atoms with Gasteiger partial charge in [0.15, 0.2) is 5.16 Å². The number of hydrogen-bond donors (Lipinski definition) is 1. The van der Waals surface area contributed by atoms with Crippen LogP contribution in [-0.4, -0.2) is 26.4 Å². The topological polar surface area (TPSA) is 73.0 Å². The maximum atomic E-state index is 12.0. The highest BCUT2D eigenvalue weighted by molar-refractivity contribution is 7.99. The molecule has 0 radical (unpaired) electrons. The van der Waals surface area contributed by atoms with Gasteiger partial charge in [0.05, 0.1) is 18.6 Å². The van der Waals surface area contributed by atoms with E-state index in [1.807, 2.05) is 12.1 Å². The number of carbonyl (C=O) groups is 1. The molecule has 1 amide bonds. The lowest BCUT2D eigenvalue weighted by Crippen LogP contribution is -2.24. The fourth-order valence-electron chi connectivity index (χ4n) is 2.60. The zero-order valence-corrected chi connectivity index (χ0v) is 16.0. The molecule has 2 heterocycles. The molecule has 2 aromatic heterocycles. The summed E-state index contributed by atoms with van der Waals surface area (Å²) < 4.78 is 7.32. The molecule has 0 aliphatic heterocycles. The number of carbonyl (C=O) groups excluding carboxylic acids is 1. The van der Waals surface area contributed by atoms with E-state index in [4.69, 9.17) is 4.42 Å². The van der Waals surface area contributed by atoms with Crippen molar-refractivity contribution in [1.82, 2.24) is 20.1 Å². The molecule has 1 N–H and O–H groups in total. The van der Waals surface area contributed by atoms with E-state index in [1.54, 1.807) is 6.26 Å². The minimum Gasteiger partial charge on any atom is -0.467 e. The summed E-state index contributed by atoms with van der Waals surface area (Å²) in [6, 6.07) is 3.65. The van der Waals surface area contributed by atoms with Gasteiger partial charge in [-0.25, -0.2) is 0 Å². The standard InChI is InChI=1S/C18H28N4O2S/c1-3-5-6-7-8-11-16-20-21-18(22(16)4-2)25-14-17(23)19-13-15-10-9-12-24-15/h9-10,12H,3-8,11,13-14H2,1-2H3,(H,19,23). The molecule has 0 aliphatic carbocycles. The highest BCUT2D eigenvalue weighted by Gasteiger charge is 2.13. The van der Waals surface area contributed by atoms with E-state index < -0.39 is 0 Å². The molecule has 0 atom stereocenters. The van der Waals surface area contributed by atoms with Crippen molar-refractivity contribution in [3.63, 3.8) is 0 Å². The van der Waals surface area contributed by atoms with Gasteiger partial charge in [-0.05, 0) is 25.5 Å². The van der Waals surface area contributed by atoms with Crippen molar-refractivity contribution in [2.75, 3.05) is 5.75 Å². The summed E-state index contributed by atoms with van der Waals surface area (Å²) in [6.45, 7) is 5.55. The Morgan fingerprint density at radius 3 is 2.80 bits per heavy atom. The fraction of sp³-hybridized carbons (Fsp3) is 0.611. The number of amides is 1. The quantitative estimate of drug-likeness (QED) is 0.458.